The molecule has 0 saturated heterocycles. The number of ketones is 2. The number of carbonyl (C=O) groups is 3. The van der Waals surface area contributed by atoms with E-state index in [9.17, 15) is 14.4 Å². The maximum absolute atomic E-state index is 13.2. The number of hydrogen-bond acceptors (Lipinski definition) is 4. The zero-order valence-corrected chi connectivity index (χ0v) is 16.4. The Hall–Kier alpha value is -1.45. The smallest absolute Gasteiger partial charge is 0.302 e. The van der Waals surface area contributed by atoms with Gasteiger partial charge in [-0.15, -0.1) is 0 Å². The van der Waals surface area contributed by atoms with Crippen molar-refractivity contribution in [3.8, 4) is 0 Å². The first kappa shape index (κ1) is 17.9. The molecule has 5 rings (SSSR count). The van der Waals surface area contributed by atoms with Gasteiger partial charge >= 0.3 is 5.97 Å². The summed E-state index contributed by atoms with van der Waals surface area (Å²) in [6, 6.07) is 0. The van der Waals surface area contributed by atoms with E-state index in [1.54, 1.807) is 0 Å². The molecule has 0 radical (unpaired) electrons. The second-order valence-corrected chi connectivity index (χ2v) is 10.0. The van der Waals surface area contributed by atoms with Gasteiger partial charge in [0.25, 0.3) is 0 Å². The van der Waals surface area contributed by atoms with Gasteiger partial charge in [-0.3, -0.25) is 14.4 Å². The topological polar surface area (TPSA) is 60.4 Å². The van der Waals surface area contributed by atoms with Crippen molar-refractivity contribution < 1.29 is 19.1 Å². The van der Waals surface area contributed by atoms with E-state index < -0.39 is 5.41 Å². The van der Waals surface area contributed by atoms with E-state index in [0.29, 0.717) is 24.4 Å². The first-order valence-electron chi connectivity index (χ1n) is 9.95. The standard InChI is InChI=1S/C22H30O4/c1-12-11-22-9-6-15-20(3,4)16(24)7-8-21(15,5)19(22)18(26-13(2)23)14(12)10-17(22)25/h14-15,18-19H,1,6-11H2,2-5H3. The molecule has 0 amide bonds. The highest BCUT2D eigenvalue weighted by Crippen LogP contribution is 2.71. The van der Waals surface area contributed by atoms with Crippen molar-refractivity contribution in [2.24, 2.45) is 34.0 Å². The summed E-state index contributed by atoms with van der Waals surface area (Å²) in [5.74, 6) is 0.547. The van der Waals surface area contributed by atoms with Crippen LogP contribution in [0.3, 0.4) is 0 Å². The van der Waals surface area contributed by atoms with Crippen LogP contribution in [0.4, 0.5) is 0 Å². The second-order valence-electron chi connectivity index (χ2n) is 10.0. The van der Waals surface area contributed by atoms with Crippen LogP contribution in [0.5, 0.6) is 0 Å². The van der Waals surface area contributed by atoms with Crippen molar-refractivity contribution >= 4 is 17.5 Å². The van der Waals surface area contributed by atoms with Gasteiger partial charge in [-0.05, 0) is 37.0 Å². The molecule has 26 heavy (non-hydrogen) atoms. The molecule has 4 nitrogen and oxygen atoms in total. The van der Waals surface area contributed by atoms with E-state index in [0.717, 1.165) is 31.3 Å². The molecule has 0 aromatic heterocycles. The number of hydrogen-bond donors (Lipinski definition) is 0. The molecule has 6 atom stereocenters. The van der Waals surface area contributed by atoms with Crippen LogP contribution in [0.2, 0.25) is 0 Å². The van der Waals surface area contributed by atoms with Gasteiger partial charge in [0.05, 0.1) is 0 Å². The summed E-state index contributed by atoms with van der Waals surface area (Å²) in [5.41, 5.74) is 0.0743. The minimum atomic E-state index is -0.451. The van der Waals surface area contributed by atoms with E-state index >= 15 is 0 Å². The van der Waals surface area contributed by atoms with Crippen LogP contribution in [0, 0.1) is 34.0 Å². The van der Waals surface area contributed by atoms with Crippen LogP contribution in [0.1, 0.15) is 66.2 Å². The Kier molecular flexibility index (Phi) is 3.65. The Morgan fingerprint density at radius 2 is 1.85 bits per heavy atom. The lowest BCUT2D eigenvalue weighted by molar-refractivity contribution is -0.218. The molecular formula is C22H30O4. The number of fused-ring (bicyclic) bond motifs is 3. The van der Waals surface area contributed by atoms with Crippen LogP contribution < -0.4 is 0 Å². The Morgan fingerprint density at radius 1 is 1.15 bits per heavy atom. The molecule has 5 fully saturated rings. The number of Topliss-reactive ketones (excluding diaryl/α,β-unsaturated/α-hetero) is 2. The summed E-state index contributed by atoms with van der Waals surface area (Å²) in [7, 11) is 0. The fraction of sp³-hybridized carbons (Fsp3) is 0.773. The number of ether oxygens (including phenoxy) is 1. The monoisotopic (exact) mass is 358 g/mol. The molecule has 6 unspecified atom stereocenters. The maximum Gasteiger partial charge on any atom is 0.302 e. The number of carbonyl (C=O) groups excluding carboxylic acids is 3. The average molecular weight is 358 g/mol. The lowest BCUT2D eigenvalue weighted by Gasteiger charge is -2.68. The molecule has 1 spiro atoms. The minimum absolute atomic E-state index is 0.00164. The highest BCUT2D eigenvalue weighted by molar-refractivity contribution is 5.90. The fourth-order valence-corrected chi connectivity index (χ4v) is 7.46. The summed E-state index contributed by atoms with van der Waals surface area (Å²) in [5, 5.41) is 0. The van der Waals surface area contributed by atoms with Crippen molar-refractivity contribution in [1.29, 1.82) is 0 Å². The van der Waals surface area contributed by atoms with Crippen LogP contribution in [-0.2, 0) is 19.1 Å². The highest BCUT2D eigenvalue weighted by atomic mass is 16.5. The molecule has 5 aliphatic rings. The molecule has 5 saturated carbocycles. The normalized spacial score (nSPS) is 46.5. The van der Waals surface area contributed by atoms with Crippen molar-refractivity contribution in [3.05, 3.63) is 12.2 Å². The summed E-state index contributed by atoms with van der Waals surface area (Å²) >= 11 is 0. The molecule has 142 valence electrons. The molecule has 0 aliphatic heterocycles. The number of esters is 1. The van der Waals surface area contributed by atoms with E-state index in [-0.39, 0.29) is 40.7 Å². The second kappa shape index (κ2) is 5.30. The third-order valence-corrected chi connectivity index (χ3v) is 8.52. The Morgan fingerprint density at radius 3 is 2.50 bits per heavy atom. The van der Waals surface area contributed by atoms with Gasteiger partial charge < -0.3 is 4.74 Å². The minimum Gasteiger partial charge on any atom is -0.462 e. The fourth-order valence-electron chi connectivity index (χ4n) is 7.46. The van der Waals surface area contributed by atoms with Crippen molar-refractivity contribution in [2.75, 3.05) is 0 Å². The largest absolute Gasteiger partial charge is 0.462 e. The van der Waals surface area contributed by atoms with Gasteiger partial charge in [0.1, 0.15) is 17.7 Å². The van der Waals surface area contributed by atoms with Gasteiger partial charge in [0.15, 0.2) is 0 Å². The van der Waals surface area contributed by atoms with E-state index in [1.165, 1.54) is 6.92 Å². The zero-order valence-electron chi connectivity index (χ0n) is 16.4. The third kappa shape index (κ3) is 2.05. The molecular weight excluding hydrogens is 328 g/mol. The average Bonchev–Trinajstić information content (AvgIpc) is 2.52. The quantitative estimate of drug-likeness (QED) is 0.527. The summed E-state index contributed by atoms with van der Waals surface area (Å²) in [6.07, 6.45) is 3.93. The zero-order chi connectivity index (χ0) is 19.1. The maximum atomic E-state index is 13.2. The Balaban J connectivity index is 1.86. The van der Waals surface area contributed by atoms with Crippen LogP contribution >= 0.6 is 0 Å². The van der Waals surface area contributed by atoms with Crippen LogP contribution in [0.25, 0.3) is 0 Å². The van der Waals surface area contributed by atoms with Crippen LogP contribution in [-0.4, -0.2) is 23.6 Å². The molecule has 2 bridgehead atoms. The van der Waals surface area contributed by atoms with Gasteiger partial charge in [0, 0.05) is 42.4 Å². The lowest BCUT2D eigenvalue weighted by Crippen LogP contribution is -2.69. The first-order valence-corrected chi connectivity index (χ1v) is 9.95. The summed E-state index contributed by atoms with van der Waals surface area (Å²) < 4.78 is 5.88. The molecule has 5 aliphatic carbocycles. The Labute approximate surface area is 155 Å². The predicted molar refractivity (Wildman–Crippen MR) is 97.2 cm³/mol. The summed E-state index contributed by atoms with van der Waals surface area (Å²) in [4.78, 5) is 37.7. The molecule has 4 heteroatoms. The van der Waals surface area contributed by atoms with Crippen molar-refractivity contribution in [1.82, 2.24) is 0 Å². The SMILES string of the molecule is C=C1CC23CCC4C(C)(C)C(=O)CCC4(C)C2C(OC(C)=O)C1CC3=O. The van der Waals surface area contributed by atoms with E-state index in [2.05, 4.69) is 27.4 Å². The predicted octanol–water partition coefficient (Wildman–Crippen LogP) is 3.88. The van der Waals surface area contributed by atoms with Gasteiger partial charge in [-0.1, -0.05) is 32.9 Å². The number of rotatable bonds is 1. The Bertz CT molecular complexity index is 720. The van der Waals surface area contributed by atoms with E-state index in [1.807, 2.05) is 0 Å². The van der Waals surface area contributed by atoms with Gasteiger partial charge in [-0.2, -0.15) is 0 Å². The summed E-state index contributed by atoms with van der Waals surface area (Å²) in [6.45, 7) is 12.1. The highest BCUT2D eigenvalue weighted by Gasteiger charge is 2.71. The van der Waals surface area contributed by atoms with E-state index in [4.69, 9.17) is 4.74 Å². The molecule has 0 aromatic rings. The molecule has 0 heterocycles. The van der Waals surface area contributed by atoms with Crippen molar-refractivity contribution in [3.63, 3.8) is 0 Å². The third-order valence-electron chi connectivity index (χ3n) is 8.52. The first-order chi connectivity index (χ1) is 12.0. The van der Waals surface area contributed by atoms with Crippen molar-refractivity contribution in [2.45, 2.75) is 72.3 Å². The lowest BCUT2D eigenvalue weighted by atomic mass is 9.36. The van der Waals surface area contributed by atoms with Gasteiger partial charge in [-0.25, -0.2) is 0 Å². The molecule has 0 N–H and O–H groups in total. The van der Waals surface area contributed by atoms with Crippen LogP contribution in [0.15, 0.2) is 12.2 Å². The van der Waals surface area contributed by atoms with Gasteiger partial charge in [0.2, 0.25) is 0 Å². The molecule has 0 aromatic carbocycles.